The van der Waals surface area contributed by atoms with E-state index in [1.165, 1.54) is 0 Å². The molecule has 0 spiro atoms. The van der Waals surface area contributed by atoms with Gasteiger partial charge in [0.1, 0.15) is 11.5 Å². The molecule has 0 heterocycles. The van der Waals surface area contributed by atoms with Gasteiger partial charge in [-0.3, -0.25) is 4.79 Å². The standard InChI is InChI=1S/C16H25NO4/c1-11(2)5-13(16(18)19)10-17-9-12-6-14(20-3)8-15(7-12)21-4/h6-8,11,13,17H,5,9-10H2,1-4H3,(H,18,19). The molecule has 118 valence electrons. The topological polar surface area (TPSA) is 67.8 Å². The molecule has 0 saturated heterocycles. The van der Waals surface area contributed by atoms with E-state index in [4.69, 9.17) is 9.47 Å². The van der Waals surface area contributed by atoms with Crippen molar-refractivity contribution in [1.29, 1.82) is 0 Å². The molecule has 1 aromatic rings. The lowest BCUT2D eigenvalue weighted by Gasteiger charge is -2.16. The average molecular weight is 295 g/mol. The minimum absolute atomic E-state index is 0.363. The van der Waals surface area contributed by atoms with Crippen LogP contribution in [0.15, 0.2) is 18.2 Å². The molecule has 0 amide bonds. The van der Waals surface area contributed by atoms with Crippen LogP contribution >= 0.6 is 0 Å². The van der Waals surface area contributed by atoms with E-state index in [2.05, 4.69) is 5.32 Å². The summed E-state index contributed by atoms with van der Waals surface area (Å²) in [6, 6.07) is 5.63. The number of nitrogens with one attached hydrogen (secondary N) is 1. The molecule has 0 aromatic heterocycles. The number of hydrogen-bond acceptors (Lipinski definition) is 4. The molecule has 0 aliphatic rings. The van der Waals surface area contributed by atoms with Gasteiger partial charge in [0.2, 0.25) is 0 Å². The highest BCUT2D eigenvalue weighted by atomic mass is 16.5. The fourth-order valence-electron chi connectivity index (χ4n) is 2.20. The number of carboxylic acids is 1. The Bertz CT molecular complexity index is 437. The van der Waals surface area contributed by atoms with Gasteiger partial charge in [-0.15, -0.1) is 0 Å². The van der Waals surface area contributed by atoms with E-state index in [0.29, 0.717) is 25.4 Å². The van der Waals surface area contributed by atoms with Gasteiger partial charge < -0.3 is 19.9 Å². The van der Waals surface area contributed by atoms with Gasteiger partial charge in [0.15, 0.2) is 0 Å². The Balaban J connectivity index is 2.59. The number of benzene rings is 1. The number of rotatable bonds is 9. The van der Waals surface area contributed by atoms with E-state index >= 15 is 0 Å². The minimum Gasteiger partial charge on any atom is -0.497 e. The van der Waals surface area contributed by atoms with Crippen molar-refractivity contribution in [3.05, 3.63) is 23.8 Å². The predicted octanol–water partition coefficient (Wildman–Crippen LogP) is 2.54. The lowest BCUT2D eigenvalue weighted by Crippen LogP contribution is -2.29. The Morgan fingerprint density at radius 3 is 2.19 bits per heavy atom. The van der Waals surface area contributed by atoms with Gasteiger partial charge in [0.25, 0.3) is 0 Å². The van der Waals surface area contributed by atoms with Crippen molar-refractivity contribution in [2.45, 2.75) is 26.8 Å². The Kier molecular flexibility index (Phi) is 7.02. The van der Waals surface area contributed by atoms with Crippen LogP contribution in [0.3, 0.4) is 0 Å². The first-order chi connectivity index (χ1) is 9.96. The predicted molar refractivity (Wildman–Crippen MR) is 81.8 cm³/mol. The van der Waals surface area contributed by atoms with E-state index in [9.17, 15) is 9.90 Å². The molecule has 1 atom stereocenters. The maximum atomic E-state index is 11.2. The highest BCUT2D eigenvalue weighted by Crippen LogP contribution is 2.22. The minimum atomic E-state index is -0.751. The molecule has 0 fully saturated rings. The van der Waals surface area contributed by atoms with Crippen molar-refractivity contribution in [3.63, 3.8) is 0 Å². The van der Waals surface area contributed by atoms with Crippen molar-refractivity contribution in [3.8, 4) is 11.5 Å². The first-order valence-corrected chi connectivity index (χ1v) is 7.11. The third-order valence-corrected chi connectivity index (χ3v) is 3.24. The molecule has 5 heteroatoms. The Morgan fingerprint density at radius 2 is 1.76 bits per heavy atom. The van der Waals surface area contributed by atoms with Crippen LogP contribution in [0.1, 0.15) is 25.8 Å². The molecule has 1 aromatic carbocycles. The van der Waals surface area contributed by atoms with Crippen LogP contribution in [0.4, 0.5) is 0 Å². The number of aliphatic carboxylic acids is 1. The number of methoxy groups -OCH3 is 2. The molecular weight excluding hydrogens is 270 g/mol. The second-order valence-electron chi connectivity index (χ2n) is 5.52. The largest absolute Gasteiger partial charge is 0.497 e. The summed E-state index contributed by atoms with van der Waals surface area (Å²) in [7, 11) is 3.21. The lowest BCUT2D eigenvalue weighted by atomic mass is 9.97. The second kappa shape index (κ2) is 8.52. The Morgan fingerprint density at radius 1 is 1.19 bits per heavy atom. The summed E-state index contributed by atoms with van der Waals surface area (Å²) in [5, 5.41) is 12.4. The molecule has 0 aliphatic carbocycles. The zero-order valence-electron chi connectivity index (χ0n) is 13.2. The summed E-state index contributed by atoms with van der Waals surface area (Å²) in [5.74, 6) is 0.702. The van der Waals surface area contributed by atoms with Gasteiger partial charge in [-0.05, 0) is 30.0 Å². The molecule has 5 nitrogen and oxygen atoms in total. The smallest absolute Gasteiger partial charge is 0.307 e. The molecule has 1 rings (SSSR count). The summed E-state index contributed by atoms with van der Waals surface area (Å²) in [5.41, 5.74) is 1.000. The third-order valence-electron chi connectivity index (χ3n) is 3.24. The summed E-state index contributed by atoms with van der Waals surface area (Å²) in [4.78, 5) is 11.2. The molecule has 1 unspecified atom stereocenters. The molecule has 0 bridgehead atoms. The van der Waals surface area contributed by atoms with Crippen LogP contribution in [-0.2, 0) is 11.3 Å². The number of ether oxygens (including phenoxy) is 2. The molecule has 0 radical (unpaired) electrons. The molecule has 0 aliphatic heterocycles. The number of carbonyl (C=O) groups is 1. The normalized spacial score (nSPS) is 12.2. The summed E-state index contributed by atoms with van der Waals surface area (Å²) in [6.45, 7) is 5.09. The van der Waals surface area contributed by atoms with E-state index in [1.807, 2.05) is 32.0 Å². The van der Waals surface area contributed by atoms with Crippen molar-refractivity contribution >= 4 is 5.97 Å². The van der Waals surface area contributed by atoms with Gasteiger partial charge in [-0.2, -0.15) is 0 Å². The lowest BCUT2D eigenvalue weighted by molar-refractivity contribution is -0.142. The first kappa shape index (κ1) is 17.3. The monoisotopic (exact) mass is 295 g/mol. The Labute approximate surface area is 126 Å². The zero-order chi connectivity index (χ0) is 15.8. The van der Waals surface area contributed by atoms with E-state index < -0.39 is 5.97 Å². The van der Waals surface area contributed by atoms with E-state index in [0.717, 1.165) is 17.1 Å². The fraction of sp³-hybridized carbons (Fsp3) is 0.562. The zero-order valence-corrected chi connectivity index (χ0v) is 13.2. The van der Waals surface area contributed by atoms with Gasteiger partial charge in [0.05, 0.1) is 20.1 Å². The second-order valence-corrected chi connectivity index (χ2v) is 5.52. The molecule has 0 saturated carbocycles. The summed E-state index contributed by atoms with van der Waals surface area (Å²) in [6.07, 6.45) is 0.670. The average Bonchev–Trinajstić information content (AvgIpc) is 2.45. The van der Waals surface area contributed by atoms with Crippen LogP contribution in [0.25, 0.3) is 0 Å². The van der Waals surface area contributed by atoms with Gasteiger partial charge >= 0.3 is 5.97 Å². The van der Waals surface area contributed by atoms with Crippen molar-refractivity contribution in [1.82, 2.24) is 5.32 Å². The van der Waals surface area contributed by atoms with Crippen LogP contribution in [-0.4, -0.2) is 31.8 Å². The Hall–Kier alpha value is -1.75. The SMILES string of the molecule is COc1cc(CNCC(CC(C)C)C(=O)O)cc(OC)c1. The summed E-state index contributed by atoms with van der Waals surface area (Å²) < 4.78 is 10.4. The highest BCUT2D eigenvalue weighted by Gasteiger charge is 2.18. The van der Waals surface area contributed by atoms with Crippen molar-refractivity contribution < 1.29 is 19.4 Å². The third kappa shape index (κ3) is 6.04. The number of carboxylic acid groups (broad SMARTS) is 1. The van der Waals surface area contributed by atoms with Gasteiger partial charge in [-0.1, -0.05) is 13.8 Å². The van der Waals surface area contributed by atoms with Crippen molar-refractivity contribution in [2.75, 3.05) is 20.8 Å². The fourth-order valence-corrected chi connectivity index (χ4v) is 2.20. The van der Waals surface area contributed by atoms with E-state index in [1.54, 1.807) is 14.2 Å². The highest BCUT2D eigenvalue weighted by molar-refractivity contribution is 5.70. The van der Waals surface area contributed by atoms with Crippen LogP contribution < -0.4 is 14.8 Å². The molecular formula is C16H25NO4. The maximum absolute atomic E-state index is 11.2. The molecule has 21 heavy (non-hydrogen) atoms. The quantitative estimate of drug-likeness (QED) is 0.733. The molecule has 2 N–H and O–H groups in total. The van der Waals surface area contributed by atoms with Crippen molar-refractivity contribution in [2.24, 2.45) is 11.8 Å². The van der Waals surface area contributed by atoms with Crippen LogP contribution in [0.2, 0.25) is 0 Å². The maximum Gasteiger partial charge on any atom is 0.307 e. The van der Waals surface area contributed by atoms with Crippen LogP contribution in [0.5, 0.6) is 11.5 Å². The first-order valence-electron chi connectivity index (χ1n) is 7.11. The van der Waals surface area contributed by atoms with Crippen LogP contribution in [0, 0.1) is 11.8 Å². The number of hydrogen-bond donors (Lipinski definition) is 2. The van der Waals surface area contributed by atoms with E-state index in [-0.39, 0.29) is 5.92 Å². The van der Waals surface area contributed by atoms with Gasteiger partial charge in [-0.25, -0.2) is 0 Å². The summed E-state index contributed by atoms with van der Waals surface area (Å²) >= 11 is 0. The van der Waals surface area contributed by atoms with Gasteiger partial charge in [0, 0.05) is 19.2 Å².